The van der Waals surface area contributed by atoms with Gasteiger partial charge in [-0.2, -0.15) is 70.2 Å². The summed E-state index contributed by atoms with van der Waals surface area (Å²) in [6, 6.07) is 0. The van der Waals surface area contributed by atoms with Crippen LogP contribution in [0.3, 0.4) is 0 Å². The average molecular weight is 582 g/mol. The van der Waals surface area contributed by atoms with Crippen LogP contribution in [0.1, 0.15) is 32.6 Å². The van der Waals surface area contributed by atoms with Gasteiger partial charge < -0.3 is 9.84 Å². The second-order valence-corrected chi connectivity index (χ2v) is 9.28. The first-order chi connectivity index (χ1) is 16.1. The highest BCUT2D eigenvalue weighted by molar-refractivity contribution is 5.14. The molecule has 2 aliphatic carbocycles. The molecule has 6 unspecified atom stereocenters. The molecule has 1 N–H and O–H groups in total. The summed E-state index contributed by atoms with van der Waals surface area (Å²) in [6.45, 7) is -0.0276. The van der Waals surface area contributed by atoms with E-state index in [1.807, 2.05) is 0 Å². The minimum Gasteiger partial charge on any atom is -0.376 e. The highest BCUT2D eigenvalue weighted by atomic mass is 19.4. The summed E-state index contributed by atoms with van der Waals surface area (Å²) in [6.07, 6.45) is -33.6. The molecule has 0 saturated heterocycles. The largest absolute Gasteiger partial charge is 0.456 e. The number of fused-ring (bicyclic) bond motifs is 2. The van der Waals surface area contributed by atoms with Gasteiger partial charge in [-0.3, -0.25) is 0 Å². The molecule has 18 heteroatoms. The second kappa shape index (κ2) is 9.05. The number of rotatable bonds is 8. The van der Waals surface area contributed by atoms with Crippen LogP contribution in [0.4, 0.5) is 70.2 Å². The lowest BCUT2D eigenvalue weighted by Gasteiger charge is -2.46. The van der Waals surface area contributed by atoms with E-state index in [0.717, 1.165) is 6.08 Å². The van der Waals surface area contributed by atoms with Crippen molar-refractivity contribution in [2.24, 2.45) is 17.8 Å². The molecule has 1 fully saturated rings. The Bertz CT molecular complexity index is 854. The van der Waals surface area contributed by atoms with Crippen molar-refractivity contribution < 1.29 is 80.1 Å². The Kier molecular flexibility index (Phi) is 7.76. The Morgan fingerprint density at radius 2 is 1.16 bits per heavy atom. The van der Waals surface area contributed by atoms with Gasteiger partial charge in [-0.25, -0.2) is 0 Å². The Balaban J connectivity index is 2.61. The van der Waals surface area contributed by atoms with Crippen LogP contribution in [0.25, 0.3) is 0 Å². The molecule has 37 heavy (non-hydrogen) atoms. The summed E-state index contributed by atoms with van der Waals surface area (Å²) in [7, 11) is 0. The standard InChI is InChI=1S/C19H18F16O2/c1-8(6-12(36,16(24,25)26)14(20,21)18(30,31)32)7-13(17(27,28)29,15(22,23)19(33,34)35)37-11-5-9-2-3-10(11)4-9/h2-3,8-11,36H,4-7H2,1H3. The number of hydrogen-bond acceptors (Lipinski definition) is 2. The normalized spacial score (nSPS) is 27.8. The SMILES string of the molecule is CC(CC(O)(C(F)(F)F)C(F)(F)C(F)(F)F)CC(OC1CC2C=CC1C2)(C(F)(F)F)C(F)(F)C(F)(F)F. The number of halogens is 16. The van der Waals surface area contributed by atoms with Crippen LogP contribution in [-0.4, -0.2) is 59.0 Å². The maximum Gasteiger partial charge on any atom is 0.456 e. The molecular weight excluding hydrogens is 564 g/mol. The van der Waals surface area contributed by atoms with Crippen LogP contribution in [0.2, 0.25) is 0 Å². The number of ether oxygens (including phenoxy) is 1. The van der Waals surface area contributed by atoms with Crippen molar-refractivity contribution in [1.82, 2.24) is 0 Å². The van der Waals surface area contributed by atoms with Crippen molar-refractivity contribution in [1.29, 1.82) is 0 Å². The molecule has 0 spiro atoms. The van der Waals surface area contributed by atoms with Crippen LogP contribution in [0, 0.1) is 17.8 Å². The summed E-state index contributed by atoms with van der Waals surface area (Å²) in [5.74, 6) is -18.8. The lowest BCUT2D eigenvalue weighted by Crippen LogP contribution is -2.69. The van der Waals surface area contributed by atoms with Crippen LogP contribution in [0.5, 0.6) is 0 Å². The molecule has 2 bridgehead atoms. The summed E-state index contributed by atoms with van der Waals surface area (Å²) in [4.78, 5) is 0. The van der Waals surface area contributed by atoms with E-state index >= 15 is 0 Å². The number of hydrogen-bond donors (Lipinski definition) is 1. The number of allylic oxidation sites excluding steroid dienone is 1. The molecule has 0 aromatic rings. The van der Waals surface area contributed by atoms with E-state index < -0.39 is 90.9 Å². The van der Waals surface area contributed by atoms with Crippen molar-refractivity contribution in [3.8, 4) is 0 Å². The molecular formula is C19H18F16O2. The van der Waals surface area contributed by atoms with Crippen LogP contribution in [-0.2, 0) is 4.74 Å². The predicted molar refractivity (Wildman–Crippen MR) is 90.4 cm³/mol. The summed E-state index contributed by atoms with van der Waals surface area (Å²) in [5.41, 5.74) is -11.9. The summed E-state index contributed by atoms with van der Waals surface area (Å²) >= 11 is 0. The third-order valence-corrected chi connectivity index (χ3v) is 6.52. The highest BCUT2D eigenvalue weighted by Crippen LogP contribution is 2.59. The Labute approximate surface area is 197 Å². The molecule has 0 aromatic carbocycles. The number of alkyl halides is 16. The van der Waals surface area contributed by atoms with Crippen molar-refractivity contribution in [3.63, 3.8) is 0 Å². The van der Waals surface area contributed by atoms with Gasteiger partial charge in [0.05, 0.1) is 6.10 Å². The van der Waals surface area contributed by atoms with Crippen molar-refractivity contribution in [2.75, 3.05) is 0 Å². The lowest BCUT2D eigenvalue weighted by molar-refractivity contribution is -0.426. The third-order valence-electron chi connectivity index (χ3n) is 6.52. The Morgan fingerprint density at radius 3 is 1.49 bits per heavy atom. The van der Waals surface area contributed by atoms with Gasteiger partial charge in [0.15, 0.2) is 0 Å². The van der Waals surface area contributed by atoms with Crippen molar-refractivity contribution >= 4 is 0 Å². The molecule has 0 radical (unpaired) electrons. The smallest absolute Gasteiger partial charge is 0.376 e. The fourth-order valence-corrected chi connectivity index (χ4v) is 4.69. The zero-order valence-electron chi connectivity index (χ0n) is 18.2. The molecule has 218 valence electrons. The van der Waals surface area contributed by atoms with Gasteiger partial charge >= 0.3 is 36.6 Å². The lowest BCUT2D eigenvalue weighted by atomic mass is 9.77. The average Bonchev–Trinajstić information content (AvgIpc) is 3.26. The van der Waals surface area contributed by atoms with E-state index in [2.05, 4.69) is 4.74 Å². The van der Waals surface area contributed by atoms with E-state index in [1.54, 1.807) is 0 Å². The quantitative estimate of drug-likeness (QED) is 0.239. The van der Waals surface area contributed by atoms with E-state index in [0.29, 0.717) is 0 Å². The molecule has 2 nitrogen and oxygen atoms in total. The fourth-order valence-electron chi connectivity index (χ4n) is 4.69. The second-order valence-electron chi connectivity index (χ2n) is 9.28. The van der Waals surface area contributed by atoms with Crippen LogP contribution in [0.15, 0.2) is 12.2 Å². The number of aliphatic hydroxyl groups is 1. The summed E-state index contributed by atoms with van der Waals surface area (Å²) in [5, 5.41) is 9.38. The van der Waals surface area contributed by atoms with Crippen LogP contribution < -0.4 is 0 Å². The van der Waals surface area contributed by atoms with E-state index in [-0.39, 0.29) is 13.3 Å². The molecule has 0 aliphatic heterocycles. The predicted octanol–water partition coefficient (Wildman–Crippen LogP) is 7.37. The van der Waals surface area contributed by atoms with Gasteiger partial charge in [0.25, 0.3) is 0 Å². The summed E-state index contributed by atoms with van der Waals surface area (Å²) < 4.78 is 220. The minimum atomic E-state index is -7.14. The van der Waals surface area contributed by atoms with E-state index in [1.165, 1.54) is 6.08 Å². The molecule has 0 heterocycles. The maximum absolute atomic E-state index is 14.5. The maximum atomic E-state index is 14.5. The zero-order chi connectivity index (χ0) is 29.3. The van der Waals surface area contributed by atoms with Gasteiger partial charge in [-0.1, -0.05) is 19.1 Å². The molecule has 0 aromatic heterocycles. The van der Waals surface area contributed by atoms with Gasteiger partial charge in [0.1, 0.15) is 0 Å². The first-order valence-electron chi connectivity index (χ1n) is 10.3. The first-order valence-corrected chi connectivity index (χ1v) is 10.3. The Hall–Kier alpha value is -1.46. The fraction of sp³-hybridized carbons (Fsp3) is 0.895. The van der Waals surface area contributed by atoms with Gasteiger partial charge in [-0.05, 0) is 37.5 Å². The molecule has 2 rings (SSSR count). The monoisotopic (exact) mass is 582 g/mol. The van der Waals surface area contributed by atoms with Crippen molar-refractivity contribution in [3.05, 3.63) is 12.2 Å². The van der Waals surface area contributed by atoms with E-state index in [9.17, 15) is 75.4 Å². The van der Waals surface area contributed by atoms with Crippen LogP contribution >= 0.6 is 0 Å². The third kappa shape index (κ3) is 5.12. The van der Waals surface area contributed by atoms with Gasteiger partial charge in [0.2, 0.25) is 11.2 Å². The van der Waals surface area contributed by atoms with Crippen molar-refractivity contribution in [2.45, 2.75) is 86.5 Å². The first kappa shape index (κ1) is 31.8. The highest BCUT2D eigenvalue weighted by Gasteiger charge is 2.83. The Morgan fingerprint density at radius 1 is 0.676 bits per heavy atom. The molecule has 1 saturated carbocycles. The zero-order valence-corrected chi connectivity index (χ0v) is 18.2. The molecule has 0 amide bonds. The molecule has 6 atom stereocenters. The van der Waals surface area contributed by atoms with Gasteiger partial charge in [0, 0.05) is 5.92 Å². The van der Waals surface area contributed by atoms with E-state index in [4.69, 9.17) is 0 Å². The topological polar surface area (TPSA) is 29.5 Å². The molecule has 2 aliphatic rings. The van der Waals surface area contributed by atoms with Gasteiger partial charge in [-0.15, -0.1) is 0 Å². The minimum absolute atomic E-state index is 0.0165.